The predicted octanol–water partition coefficient (Wildman–Crippen LogP) is 17.2. The first-order valence-corrected chi connectivity index (χ1v) is 31.7. The van der Waals surface area contributed by atoms with Crippen molar-refractivity contribution in [3.05, 3.63) is 179 Å². The van der Waals surface area contributed by atoms with Crippen LogP contribution in [0.3, 0.4) is 0 Å². The van der Waals surface area contributed by atoms with Crippen LogP contribution >= 0.6 is 22.7 Å². The number of oxazole rings is 2. The summed E-state index contributed by atoms with van der Waals surface area (Å²) < 4.78 is 22.9. The largest absolute Gasteiger partial charge is 0.446 e. The van der Waals surface area contributed by atoms with E-state index in [0.29, 0.717) is 0 Å². The second-order valence-electron chi connectivity index (χ2n) is 23.0. The van der Waals surface area contributed by atoms with Crippen molar-refractivity contribution in [3.8, 4) is 0 Å². The first kappa shape index (κ1) is 79.1. The zero-order valence-corrected chi connectivity index (χ0v) is 63.5. The molecule has 0 saturated carbocycles. The minimum Gasteiger partial charge on any atom is -0.446 e. The van der Waals surface area contributed by atoms with Gasteiger partial charge in [0.1, 0.15) is 29.0 Å². The van der Waals surface area contributed by atoms with Crippen molar-refractivity contribution in [1.29, 1.82) is 0 Å². The lowest BCUT2D eigenvalue weighted by molar-refractivity contribution is 0.493. The third-order valence-electron chi connectivity index (χ3n) is 17.2. The molecule has 10 aromatic rings. The van der Waals surface area contributed by atoms with Gasteiger partial charge in [-0.3, -0.25) is 4.68 Å². The fraction of sp³-hybridized carbons (Fsp3) is 0.543. The van der Waals surface area contributed by atoms with E-state index < -0.39 is 0 Å². The van der Waals surface area contributed by atoms with E-state index in [-0.39, 0.29) is 0 Å². The molecule has 0 N–H and O–H groups in total. The van der Waals surface area contributed by atoms with Crippen LogP contribution in [0.5, 0.6) is 0 Å². The summed E-state index contributed by atoms with van der Waals surface area (Å²) in [5.74, 6) is 6.60. The van der Waals surface area contributed by atoms with E-state index in [0.717, 1.165) is 74.9 Å². The van der Waals surface area contributed by atoms with Gasteiger partial charge < -0.3 is 31.7 Å². The lowest BCUT2D eigenvalue weighted by Gasteiger charge is -1.98. The monoisotopic (exact) mass is 1250 g/mol. The molecule has 488 valence electrons. The summed E-state index contributed by atoms with van der Waals surface area (Å²) in [5.41, 5.74) is 26.5. The Morgan fingerprint density at radius 2 is 0.511 bits per heavy atom. The third kappa shape index (κ3) is 22.9. The molecule has 0 atom stereocenters. The van der Waals surface area contributed by atoms with Crippen molar-refractivity contribution in [2.45, 2.75) is 222 Å². The molecule has 0 amide bonds. The molecule has 0 fully saturated rings. The molecule has 88 heavy (non-hydrogen) atoms. The van der Waals surface area contributed by atoms with E-state index in [1.807, 2.05) is 151 Å². The van der Waals surface area contributed by atoms with Crippen LogP contribution < -0.4 is 0 Å². The normalized spacial score (nSPS) is 10.2. The Morgan fingerprint density at radius 3 is 0.568 bits per heavy atom. The molecule has 18 heteroatoms. The maximum Gasteiger partial charge on any atom is 0.191 e. The standard InChI is InChI=1S/2C9H15N.4C7H12N2.2C6H9NO.2C6H9NS/c2*1-6-7(2)9(4)10(5)8(6)3;3*1-5-6(2)9(4)7(3)8-5;1-5-6(2)8-9(4)7(5)3;4*1-4-5(2)8-6(3)7-4/h2*1-5H3;4*1-4H3;4*1-3H3. The van der Waals surface area contributed by atoms with Crippen molar-refractivity contribution in [2.75, 3.05) is 0 Å². The summed E-state index contributed by atoms with van der Waals surface area (Å²) >= 11 is 3.52. The van der Waals surface area contributed by atoms with Crippen LogP contribution in [0.25, 0.3) is 0 Å². The Hall–Kier alpha value is -6.92. The summed E-state index contributed by atoms with van der Waals surface area (Å²) in [6.45, 7) is 65.7. The van der Waals surface area contributed by atoms with E-state index in [1.54, 1.807) is 22.7 Å². The Bertz CT molecular complexity index is 3040. The van der Waals surface area contributed by atoms with Crippen molar-refractivity contribution in [1.82, 2.24) is 67.5 Å². The molecule has 0 aromatic carbocycles. The lowest BCUT2D eigenvalue weighted by Crippen LogP contribution is -1.92. The molecule has 0 aliphatic rings. The number of aryl methyl sites for hydroxylation is 20. The highest BCUT2D eigenvalue weighted by Gasteiger charge is 2.09. The van der Waals surface area contributed by atoms with Gasteiger partial charge in [0.05, 0.1) is 55.6 Å². The quantitative estimate of drug-likeness (QED) is 0.143. The summed E-state index contributed by atoms with van der Waals surface area (Å²) in [7, 11) is 12.3. The molecule has 0 aliphatic carbocycles. The SMILES string of the molecule is Cc1c(C)c(C)n(C)c1C.Cc1c(C)c(C)n(C)c1C.Cc1nc(C)c(C)o1.Cc1nc(C)c(C)o1.Cc1nc(C)c(C)s1.Cc1nc(C)c(C)s1.Cc1nc(C)n(C)c1C.Cc1nc(C)n(C)c1C.Cc1nc(C)n(C)c1C.Cc1nn(C)c(C)c1C. The van der Waals surface area contributed by atoms with Crippen molar-refractivity contribution < 1.29 is 8.83 Å². The molecular formula is C70H114N14O2S2. The van der Waals surface area contributed by atoms with Crippen LogP contribution in [0.15, 0.2) is 8.83 Å². The van der Waals surface area contributed by atoms with Crippen LogP contribution in [-0.2, 0) is 42.3 Å². The van der Waals surface area contributed by atoms with Crippen LogP contribution in [0.1, 0.15) is 179 Å². The molecule has 10 aromatic heterocycles. The smallest absolute Gasteiger partial charge is 0.191 e. The second kappa shape index (κ2) is 35.3. The van der Waals surface area contributed by atoms with Gasteiger partial charge in [0.2, 0.25) is 0 Å². The predicted molar refractivity (Wildman–Crippen MR) is 372 cm³/mol. The summed E-state index contributed by atoms with van der Waals surface area (Å²) in [5, 5.41) is 6.56. The minimum atomic E-state index is 0.750. The maximum atomic E-state index is 5.10. The number of hydrogen-bond donors (Lipinski definition) is 0. The first-order valence-electron chi connectivity index (χ1n) is 30.1. The van der Waals surface area contributed by atoms with E-state index in [9.17, 15) is 0 Å². The van der Waals surface area contributed by atoms with Gasteiger partial charge in [-0.15, -0.1) is 22.7 Å². The van der Waals surface area contributed by atoms with Crippen molar-refractivity contribution in [2.24, 2.45) is 42.3 Å². The average Bonchev–Trinajstić information content (AvgIpc) is 4.46. The molecule has 16 nitrogen and oxygen atoms in total. The van der Waals surface area contributed by atoms with Gasteiger partial charge in [-0.05, 0) is 236 Å². The van der Waals surface area contributed by atoms with Crippen LogP contribution in [0, 0.1) is 222 Å². The van der Waals surface area contributed by atoms with E-state index in [1.165, 1.54) is 105 Å². The van der Waals surface area contributed by atoms with Crippen molar-refractivity contribution in [3.63, 3.8) is 0 Å². The number of imidazole rings is 3. The third-order valence-corrected chi connectivity index (χ3v) is 19.2. The topological polar surface area (TPSA) is 159 Å². The number of aromatic nitrogens is 14. The van der Waals surface area contributed by atoms with Crippen LogP contribution in [0.4, 0.5) is 0 Å². The molecule has 0 aliphatic heterocycles. The number of thiazole rings is 2. The highest BCUT2D eigenvalue weighted by atomic mass is 32.1. The molecule has 0 unspecified atom stereocenters. The van der Waals surface area contributed by atoms with Gasteiger partial charge >= 0.3 is 0 Å². The van der Waals surface area contributed by atoms with Gasteiger partial charge in [-0.1, -0.05) is 0 Å². The minimum absolute atomic E-state index is 0.750. The summed E-state index contributed by atoms with van der Waals surface area (Å²) in [6.07, 6.45) is 0. The van der Waals surface area contributed by atoms with Gasteiger partial charge in [0, 0.05) is 111 Å². The molecule has 0 radical (unpaired) electrons. The Labute approximate surface area is 539 Å². The molecule has 10 rings (SSSR count). The van der Waals surface area contributed by atoms with E-state index in [4.69, 9.17) is 8.83 Å². The van der Waals surface area contributed by atoms with Gasteiger partial charge in [-0.2, -0.15) is 5.10 Å². The van der Waals surface area contributed by atoms with Gasteiger partial charge in [-0.25, -0.2) is 34.9 Å². The number of nitrogens with zero attached hydrogens (tertiary/aromatic N) is 14. The van der Waals surface area contributed by atoms with Crippen LogP contribution in [-0.4, -0.2) is 67.5 Å². The Balaban J connectivity index is 0.000000489. The van der Waals surface area contributed by atoms with Crippen molar-refractivity contribution >= 4 is 22.7 Å². The van der Waals surface area contributed by atoms with E-state index in [2.05, 4.69) is 181 Å². The lowest BCUT2D eigenvalue weighted by atomic mass is 10.2. The average molecular weight is 1250 g/mol. The number of hydrogen-bond acceptors (Lipinski definition) is 12. The fourth-order valence-corrected chi connectivity index (χ4v) is 10.3. The summed E-state index contributed by atoms with van der Waals surface area (Å²) in [6, 6.07) is 0. The zero-order chi connectivity index (χ0) is 68.4. The van der Waals surface area contributed by atoms with Gasteiger partial charge in [0.25, 0.3) is 0 Å². The Morgan fingerprint density at radius 1 is 0.250 bits per heavy atom. The molecule has 10 heterocycles. The zero-order valence-electron chi connectivity index (χ0n) is 61.9. The molecule has 0 bridgehead atoms. The molecular weight excluding hydrogens is 1130 g/mol. The maximum absolute atomic E-state index is 5.10. The molecule has 0 spiro atoms. The number of rotatable bonds is 0. The van der Waals surface area contributed by atoms with E-state index >= 15 is 0 Å². The highest BCUT2D eigenvalue weighted by Crippen LogP contribution is 2.20. The summed E-state index contributed by atoms with van der Waals surface area (Å²) in [4.78, 5) is 32.0. The van der Waals surface area contributed by atoms with Gasteiger partial charge in [0.15, 0.2) is 11.8 Å². The van der Waals surface area contributed by atoms with Crippen LogP contribution in [0.2, 0.25) is 0 Å². The highest BCUT2D eigenvalue weighted by molar-refractivity contribution is 7.11. The Kier molecular flexibility index (Phi) is 31.7. The second-order valence-corrected chi connectivity index (χ2v) is 25.9. The molecule has 0 saturated heterocycles. The first-order chi connectivity index (χ1) is 40.4. The fourth-order valence-electron chi connectivity index (χ4n) is 8.66.